The molecule has 7 heteroatoms. The highest BCUT2D eigenvalue weighted by Crippen LogP contribution is 2.34. The van der Waals surface area contributed by atoms with Gasteiger partial charge in [-0.3, -0.25) is 9.48 Å². The molecule has 0 atom stereocenters. The third kappa shape index (κ3) is 3.45. The summed E-state index contributed by atoms with van der Waals surface area (Å²) in [5.74, 6) is 0. The van der Waals surface area contributed by atoms with E-state index < -0.39 is 9.84 Å². The second-order valence-electron chi connectivity index (χ2n) is 7.57. The minimum absolute atomic E-state index is 0.0937. The zero-order valence-corrected chi connectivity index (χ0v) is 18.2. The normalized spacial score (nSPS) is 11.9. The zero-order chi connectivity index (χ0) is 21.6. The van der Waals surface area contributed by atoms with Crippen LogP contribution in [-0.4, -0.2) is 29.0 Å². The average molecular weight is 422 g/mol. The van der Waals surface area contributed by atoms with Crippen molar-refractivity contribution in [3.05, 3.63) is 70.9 Å². The lowest BCUT2D eigenvalue weighted by molar-refractivity contribution is 0.602. The van der Waals surface area contributed by atoms with Crippen LogP contribution in [0.5, 0.6) is 0 Å². The molecule has 0 aliphatic heterocycles. The summed E-state index contributed by atoms with van der Waals surface area (Å²) in [5.41, 5.74) is 4.48. The van der Waals surface area contributed by atoms with Crippen LogP contribution in [-0.2, 0) is 30.4 Å². The van der Waals surface area contributed by atoms with Crippen LogP contribution in [0.1, 0.15) is 12.5 Å². The summed E-state index contributed by atoms with van der Waals surface area (Å²) in [6.45, 7) is 2.03. The molecule has 2 aromatic carbocycles. The molecule has 0 aliphatic rings. The van der Waals surface area contributed by atoms with Crippen LogP contribution in [0, 0.1) is 0 Å². The molecule has 0 aliphatic carbocycles. The van der Waals surface area contributed by atoms with Crippen molar-refractivity contribution in [1.29, 1.82) is 0 Å². The molecule has 154 valence electrons. The maximum Gasteiger partial charge on any atom is 0.258 e. The Morgan fingerprint density at radius 3 is 2.33 bits per heavy atom. The Labute approximate surface area is 175 Å². The first-order valence-corrected chi connectivity index (χ1v) is 11.5. The Morgan fingerprint density at radius 2 is 1.70 bits per heavy atom. The molecule has 0 unspecified atom stereocenters. The fourth-order valence-electron chi connectivity index (χ4n) is 3.78. The number of fused-ring (bicyclic) bond motifs is 1. The summed E-state index contributed by atoms with van der Waals surface area (Å²) >= 11 is 0. The van der Waals surface area contributed by atoms with E-state index in [9.17, 15) is 13.2 Å². The molecule has 0 fully saturated rings. The van der Waals surface area contributed by atoms with Crippen LogP contribution >= 0.6 is 0 Å². The molecule has 2 heterocycles. The lowest BCUT2D eigenvalue weighted by atomic mass is 9.93. The summed E-state index contributed by atoms with van der Waals surface area (Å²) in [6, 6.07) is 10.9. The summed E-state index contributed by atoms with van der Waals surface area (Å²) < 4.78 is 27.6. The largest absolute Gasteiger partial charge is 0.317 e. The molecule has 0 spiro atoms. The molecule has 30 heavy (non-hydrogen) atoms. The molecule has 4 aromatic rings. The molecule has 0 amide bonds. The van der Waals surface area contributed by atoms with E-state index in [1.807, 2.05) is 44.4 Å². The fraction of sp³-hybridized carbons (Fsp3) is 0.217. The lowest BCUT2D eigenvalue weighted by Gasteiger charge is -2.15. The molecular weight excluding hydrogens is 398 g/mol. The number of hydrogen-bond acceptors (Lipinski definition) is 4. The average Bonchev–Trinajstić information content (AvgIpc) is 3.15. The number of benzene rings is 2. The second kappa shape index (κ2) is 7.25. The summed E-state index contributed by atoms with van der Waals surface area (Å²) in [6.07, 6.45) is 7.44. The third-order valence-corrected chi connectivity index (χ3v) is 6.51. The molecular formula is C23H23N3O3S. The van der Waals surface area contributed by atoms with Crippen molar-refractivity contribution in [2.45, 2.75) is 18.2 Å². The number of nitrogens with zero attached hydrogens (tertiary/aromatic N) is 3. The smallest absolute Gasteiger partial charge is 0.258 e. The van der Waals surface area contributed by atoms with Gasteiger partial charge in [0.1, 0.15) is 0 Å². The standard InChI is InChI=1S/C23H23N3O3S/c1-5-15-6-8-18(30(4,28)29)11-20(15)22-14-25(2)23(27)19-9-7-16(10-21(19)22)17-12-24-26(3)13-17/h6-14H,5H2,1-4H3. The van der Waals surface area contributed by atoms with E-state index in [1.165, 1.54) is 6.26 Å². The van der Waals surface area contributed by atoms with Crippen LogP contribution in [0.15, 0.2) is 64.7 Å². The van der Waals surface area contributed by atoms with Gasteiger partial charge >= 0.3 is 0 Å². The Bertz CT molecular complexity index is 1450. The molecule has 4 rings (SSSR count). The van der Waals surface area contributed by atoms with Gasteiger partial charge in [-0.15, -0.1) is 0 Å². The first-order chi connectivity index (χ1) is 14.2. The van der Waals surface area contributed by atoms with E-state index in [2.05, 4.69) is 5.10 Å². The topological polar surface area (TPSA) is 74.0 Å². The number of aromatic nitrogens is 3. The van der Waals surface area contributed by atoms with Crippen molar-refractivity contribution < 1.29 is 8.42 Å². The molecule has 0 saturated heterocycles. The molecule has 6 nitrogen and oxygen atoms in total. The van der Waals surface area contributed by atoms with Gasteiger partial charge in [-0.05, 0) is 52.8 Å². The Kier molecular flexibility index (Phi) is 4.86. The van der Waals surface area contributed by atoms with Crippen molar-refractivity contribution in [3.8, 4) is 22.3 Å². The molecule has 0 bridgehead atoms. The lowest BCUT2D eigenvalue weighted by Crippen LogP contribution is -2.16. The van der Waals surface area contributed by atoms with Crippen molar-refractivity contribution in [2.75, 3.05) is 6.26 Å². The van der Waals surface area contributed by atoms with E-state index in [0.717, 1.165) is 39.6 Å². The van der Waals surface area contributed by atoms with Gasteiger partial charge < -0.3 is 4.57 Å². The molecule has 0 radical (unpaired) electrons. The first kappa shape index (κ1) is 20.1. The van der Waals surface area contributed by atoms with Gasteiger partial charge in [0.25, 0.3) is 5.56 Å². The third-order valence-electron chi connectivity index (χ3n) is 5.40. The minimum atomic E-state index is -3.36. The van der Waals surface area contributed by atoms with E-state index in [1.54, 1.807) is 40.8 Å². The fourth-order valence-corrected chi connectivity index (χ4v) is 4.42. The predicted molar refractivity (Wildman–Crippen MR) is 119 cm³/mol. The maximum atomic E-state index is 12.8. The van der Waals surface area contributed by atoms with E-state index in [-0.39, 0.29) is 10.5 Å². The highest BCUT2D eigenvalue weighted by atomic mass is 32.2. The van der Waals surface area contributed by atoms with Crippen molar-refractivity contribution in [2.24, 2.45) is 14.1 Å². The van der Waals surface area contributed by atoms with E-state index in [0.29, 0.717) is 5.39 Å². The number of hydrogen-bond donors (Lipinski definition) is 0. The van der Waals surface area contributed by atoms with E-state index >= 15 is 0 Å². The van der Waals surface area contributed by atoms with Crippen molar-refractivity contribution in [1.82, 2.24) is 14.3 Å². The van der Waals surface area contributed by atoms with E-state index in [4.69, 9.17) is 0 Å². The van der Waals surface area contributed by atoms with Gasteiger partial charge in [-0.1, -0.05) is 19.1 Å². The first-order valence-electron chi connectivity index (χ1n) is 9.65. The maximum absolute atomic E-state index is 12.8. The SMILES string of the molecule is CCc1ccc(S(C)(=O)=O)cc1-c1cn(C)c(=O)c2ccc(-c3cnn(C)c3)cc12. The molecule has 0 N–H and O–H groups in total. The Hall–Kier alpha value is -3.19. The number of pyridine rings is 1. The molecule has 0 saturated carbocycles. The summed E-state index contributed by atoms with van der Waals surface area (Å²) in [7, 11) is 0.214. The van der Waals surface area contributed by atoms with Crippen LogP contribution in [0.25, 0.3) is 33.0 Å². The number of rotatable bonds is 4. The van der Waals surface area contributed by atoms with Crippen LogP contribution in [0.3, 0.4) is 0 Å². The quantitative estimate of drug-likeness (QED) is 0.505. The minimum Gasteiger partial charge on any atom is -0.317 e. The molecule has 2 aromatic heterocycles. The van der Waals surface area contributed by atoms with Gasteiger partial charge in [0.05, 0.1) is 11.1 Å². The zero-order valence-electron chi connectivity index (χ0n) is 17.4. The van der Waals surface area contributed by atoms with Crippen LogP contribution < -0.4 is 5.56 Å². The predicted octanol–water partition coefficient (Wildman–Crippen LogP) is 3.57. The number of aryl methyl sites for hydroxylation is 3. The van der Waals surface area contributed by atoms with Gasteiger partial charge in [-0.25, -0.2) is 8.42 Å². The van der Waals surface area contributed by atoms with Crippen molar-refractivity contribution >= 4 is 20.6 Å². The monoisotopic (exact) mass is 421 g/mol. The highest BCUT2D eigenvalue weighted by Gasteiger charge is 2.16. The van der Waals surface area contributed by atoms with Gasteiger partial charge in [-0.2, -0.15) is 5.10 Å². The second-order valence-corrected chi connectivity index (χ2v) is 9.58. The summed E-state index contributed by atoms with van der Waals surface area (Å²) in [5, 5.41) is 5.62. The highest BCUT2D eigenvalue weighted by molar-refractivity contribution is 7.90. The van der Waals surface area contributed by atoms with Gasteiger partial charge in [0.2, 0.25) is 0 Å². The van der Waals surface area contributed by atoms with Crippen LogP contribution in [0.4, 0.5) is 0 Å². The van der Waals surface area contributed by atoms with Crippen LogP contribution in [0.2, 0.25) is 0 Å². The number of sulfone groups is 1. The summed E-state index contributed by atoms with van der Waals surface area (Å²) in [4.78, 5) is 13.1. The van der Waals surface area contributed by atoms with Crippen molar-refractivity contribution in [3.63, 3.8) is 0 Å². The Balaban J connectivity index is 2.08. The van der Waals surface area contributed by atoms with Gasteiger partial charge in [0, 0.05) is 49.3 Å². The van der Waals surface area contributed by atoms with Gasteiger partial charge in [0.15, 0.2) is 9.84 Å². The Morgan fingerprint density at radius 1 is 0.933 bits per heavy atom.